The standard InChI is InChI=1S/C37H39ClO4/c1-3-26-15-17-27(18-16-26)19-30-20-34(33(4-2)37(39)36(30)38)35-22-31(41-24-29-13-9-6-10-14-29)21-32(42-35)25-40-23-28-11-7-5-8-12-28/h4-18,20,31-32,35,39H,2-3,19,21-25H2,1H3. The second-order valence-electron chi connectivity index (χ2n) is 10.9. The molecule has 1 N–H and O–H groups in total. The minimum Gasteiger partial charge on any atom is -0.506 e. The molecule has 0 aliphatic carbocycles. The number of phenols is 1. The van der Waals surface area contributed by atoms with E-state index >= 15 is 0 Å². The van der Waals surface area contributed by atoms with Gasteiger partial charge in [-0.15, -0.1) is 0 Å². The summed E-state index contributed by atoms with van der Waals surface area (Å²) in [5, 5.41) is 11.5. The van der Waals surface area contributed by atoms with E-state index in [4.69, 9.17) is 25.8 Å². The first-order valence-corrected chi connectivity index (χ1v) is 15.1. The third kappa shape index (κ3) is 7.70. The molecule has 4 aromatic rings. The van der Waals surface area contributed by atoms with Gasteiger partial charge >= 0.3 is 0 Å². The van der Waals surface area contributed by atoms with Crippen molar-refractivity contribution < 1.29 is 19.3 Å². The maximum atomic E-state index is 11.2. The zero-order chi connectivity index (χ0) is 29.3. The molecular weight excluding hydrogens is 544 g/mol. The van der Waals surface area contributed by atoms with Crippen molar-refractivity contribution in [3.8, 4) is 5.75 Å². The quantitative estimate of drug-likeness (QED) is 0.181. The second-order valence-corrected chi connectivity index (χ2v) is 11.3. The Labute approximate surface area is 254 Å². The molecule has 1 fully saturated rings. The summed E-state index contributed by atoms with van der Waals surface area (Å²) in [6, 6.07) is 30.9. The van der Waals surface area contributed by atoms with Gasteiger partial charge in [0.2, 0.25) is 0 Å². The van der Waals surface area contributed by atoms with Gasteiger partial charge in [0.25, 0.3) is 0 Å². The number of ether oxygens (including phenoxy) is 3. The van der Waals surface area contributed by atoms with Crippen LogP contribution in [0.25, 0.3) is 6.08 Å². The molecule has 0 amide bonds. The van der Waals surface area contributed by atoms with Gasteiger partial charge in [-0.2, -0.15) is 0 Å². The summed E-state index contributed by atoms with van der Waals surface area (Å²) in [4.78, 5) is 0. The Morgan fingerprint density at radius 2 is 1.52 bits per heavy atom. The van der Waals surface area contributed by atoms with Crippen LogP contribution in [-0.2, 0) is 40.3 Å². The molecule has 0 saturated carbocycles. The Morgan fingerprint density at radius 1 is 0.881 bits per heavy atom. The van der Waals surface area contributed by atoms with E-state index in [2.05, 4.69) is 68.1 Å². The first kappa shape index (κ1) is 30.1. The third-order valence-electron chi connectivity index (χ3n) is 7.87. The van der Waals surface area contributed by atoms with E-state index in [0.717, 1.165) is 40.7 Å². The first-order valence-electron chi connectivity index (χ1n) is 14.7. The van der Waals surface area contributed by atoms with Crippen molar-refractivity contribution in [3.05, 3.63) is 142 Å². The van der Waals surface area contributed by atoms with Crippen LogP contribution in [-0.4, -0.2) is 23.9 Å². The van der Waals surface area contributed by atoms with Crippen molar-refractivity contribution in [1.29, 1.82) is 0 Å². The molecule has 1 aliphatic rings. The molecule has 42 heavy (non-hydrogen) atoms. The molecule has 5 rings (SSSR count). The average Bonchev–Trinajstić information content (AvgIpc) is 3.03. The van der Waals surface area contributed by atoms with Crippen molar-refractivity contribution in [2.24, 2.45) is 0 Å². The molecular formula is C37H39ClO4. The molecule has 3 atom stereocenters. The van der Waals surface area contributed by atoms with Gasteiger partial charge in [-0.25, -0.2) is 0 Å². The molecule has 4 nitrogen and oxygen atoms in total. The van der Waals surface area contributed by atoms with Crippen LogP contribution < -0.4 is 0 Å². The highest BCUT2D eigenvalue weighted by atomic mass is 35.5. The van der Waals surface area contributed by atoms with E-state index in [9.17, 15) is 5.11 Å². The van der Waals surface area contributed by atoms with Crippen LogP contribution in [0.2, 0.25) is 5.02 Å². The van der Waals surface area contributed by atoms with Crippen molar-refractivity contribution >= 4 is 17.7 Å². The highest BCUT2D eigenvalue weighted by Crippen LogP contribution is 2.42. The van der Waals surface area contributed by atoms with E-state index in [-0.39, 0.29) is 24.1 Å². The zero-order valence-corrected chi connectivity index (χ0v) is 24.9. The Balaban J connectivity index is 1.39. The average molecular weight is 583 g/mol. The Morgan fingerprint density at radius 3 is 2.17 bits per heavy atom. The van der Waals surface area contributed by atoms with E-state index < -0.39 is 0 Å². The van der Waals surface area contributed by atoms with Gasteiger partial charge in [-0.1, -0.05) is 122 Å². The predicted octanol–water partition coefficient (Wildman–Crippen LogP) is 8.86. The molecule has 5 heteroatoms. The third-order valence-corrected chi connectivity index (χ3v) is 8.29. The lowest BCUT2D eigenvalue weighted by Crippen LogP contribution is -2.36. The lowest BCUT2D eigenvalue weighted by atomic mass is 9.90. The van der Waals surface area contributed by atoms with E-state index in [0.29, 0.717) is 43.2 Å². The lowest BCUT2D eigenvalue weighted by molar-refractivity contribution is -0.142. The highest BCUT2D eigenvalue weighted by molar-refractivity contribution is 6.33. The SMILES string of the molecule is C=Cc1c(C2CC(OCc3ccccc3)CC(COCc3ccccc3)O2)cc(Cc2ccc(CC)cc2)c(Cl)c1O. The maximum Gasteiger partial charge on any atom is 0.142 e. The number of phenolic OH excluding ortho intramolecular Hbond substituents is 1. The van der Waals surface area contributed by atoms with E-state index in [1.807, 2.05) is 36.4 Å². The molecule has 218 valence electrons. The number of hydrogen-bond donors (Lipinski definition) is 1. The van der Waals surface area contributed by atoms with Gasteiger partial charge in [0.05, 0.1) is 43.2 Å². The predicted molar refractivity (Wildman–Crippen MR) is 170 cm³/mol. The fourth-order valence-corrected chi connectivity index (χ4v) is 5.77. The van der Waals surface area contributed by atoms with E-state index in [1.54, 1.807) is 6.08 Å². The van der Waals surface area contributed by atoms with Gasteiger partial charge in [-0.3, -0.25) is 0 Å². The lowest BCUT2D eigenvalue weighted by Gasteiger charge is -2.36. The fraction of sp³-hybridized carbons (Fsp3) is 0.297. The molecule has 0 bridgehead atoms. The summed E-state index contributed by atoms with van der Waals surface area (Å²) in [7, 11) is 0. The number of benzene rings is 4. The van der Waals surface area contributed by atoms with Gasteiger partial charge in [0, 0.05) is 18.4 Å². The second kappa shape index (κ2) is 14.7. The molecule has 0 spiro atoms. The first-order chi connectivity index (χ1) is 20.5. The summed E-state index contributed by atoms with van der Waals surface area (Å²) in [5.74, 6) is 0.0390. The van der Waals surface area contributed by atoms with Crippen LogP contribution in [0.15, 0.2) is 97.6 Å². The number of hydrogen-bond acceptors (Lipinski definition) is 4. The molecule has 0 radical (unpaired) electrons. The molecule has 1 aliphatic heterocycles. The van der Waals surface area contributed by atoms with E-state index in [1.165, 1.54) is 5.56 Å². The van der Waals surface area contributed by atoms with Crippen molar-refractivity contribution in [2.45, 2.75) is 64.1 Å². The molecule has 0 aromatic heterocycles. The minimum absolute atomic E-state index is 0.0390. The van der Waals surface area contributed by atoms with Gasteiger partial charge in [0.1, 0.15) is 5.75 Å². The number of rotatable bonds is 12. The van der Waals surface area contributed by atoms with Crippen LogP contribution in [0.4, 0.5) is 0 Å². The Hall–Kier alpha value is -3.41. The topological polar surface area (TPSA) is 47.9 Å². The smallest absolute Gasteiger partial charge is 0.142 e. The summed E-state index contributed by atoms with van der Waals surface area (Å²) < 4.78 is 19.2. The summed E-state index contributed by atoms with van der Waals surface area (Å²) in [6.07, 6.45) is 4.08. The van der Waals surface area contributed by atoms with Gasteiger partial charge in [0.15, 0.2) is 0 Å². The molecule has 1 heterocycles. The van der Waals surface area contributed by atoms with Crippen molar-refractivity contribution in [3.63, 3.8) is 0 Å². The van der Waals surface area contributed by atoms with Gasteiger partial charge in [-0.05, 0) is 46.2 Å². The number of aromatic hydroxyl groups is 1. The van der Waals surface area contributed by atoms with Crippen LogP contribution in [0.3, 0.4) is 0 Å². The normalized spacial score (nSPS) is 18.6. The molecule has 3 unspecified atom stereocenters. The minimum atomic E-state index is -0.317. The number of aryl methyl sites for hydroxylation is 1. The summed E-state index contributed by atoms with van der Waals surface area (Å²) >= 11 is 6.71. The Bertz CT molecular complexity index is 1440. The highest BCUT2D eigenvalue weighted by Gasteiger charge is 2.33. The largest absolute Gasteiger partial charge is 0.506 e. The monoisotopic (exact) mass is 582 g/mol. The zero-order valence-electron chi connectivity index (χ0n) is 24.2. The van der Waals surface area contributed by atoms with Crippen LogP contribution in [0.1, 0.15) is 64.8 Å². The Kier molecular flexibility index (Phi) is 10.5. The van der Waals surface area contributed by atoms with Crippen molar-refractivity contribution in [1.82, 2.24) is 0 Å². The van der Waals surface area contributed by atoms with Crippen molar-refractivity contribution in [2.75, 3.05) is 6.61 Å². The number of halogens is 1. The fourth-order valence-electron chi connectivity index (χ4n) is 5.54. The summed E-state index contributed by atoms with van der Waals surface area (Å²) in [6.45, 7) is 7.61. The van der Waals surface area contributed by atoms with Crippen LogP contribution >= 0.6 is 11.6 Å². The molecule has 4 aromatic carbocycles. The maximum absolute atomic E-state index is 11.2. The van der Waals surface area contributed by atoms with Crippen LogP contribution in [0.5, 0.6) is 5.75 Å². The molecule has 1 saturated heterocycles. The summed E-state index contributed by atoms with van der Waals surface area (Å²) in [5.41, 5.74) is 6.99. The van der Waals surface area contributed by atoms with Crippen LogP contribution in [0, 0.1) is 0 Å². The van der Waals surface area contributed by atoms with Gasteiger partial charge < -0.3 is 19.3 Å².